The van der Waals surface area contributed by atoms with Gasteiger partial charge in [-0.1, -0.05) is 25.7 Å². The Balaban J connectivity index is 1.78. The lowest BCUT2D eigenvalue weighted by Gasteiger charge is -2.34. The quantitative estimate of drug-likeness (QED) is 0.795. The van der Waals surface area contributed by atoms with Crippen molar-refractivity contribution in [3.05, 3.63) is 0 Å². The van der Waals surface area contributed by atoms with E-state index in [-0.39, 0.29) is 0 Å². The van der Waals surface area contributed by atoms with Gasteiger partial charge in [-0.05, 0) is 51.1 Å². The smallest absolute Gasteiger partial charge is 0.00923 e. The van der Waals surface area contributed by atoms with Crippen molar-refractivity contribution in [2.75, 3.05) is 20.1 Å². The summed E-state index contributed by atoms with van der Waals surface area (Å²) in [6.45, 7) is 2.20. The predicted octanol–water partition coefficient (Wildman–Crippen LogP) is 2.63. The summed E-state index contributed by atoms with van der Waals surface area (Å²) in [5.74, 6) is 1.70. The van der Waals surface area contributed by atoms with Gasteiger partial charge in [-0.15, -0.1) is 0 Å². The minimum Gasteiger partial charge on any atom is -0.330 e. The van der Waals surface area contributed by atoms with Crippen LogP contribution in [0.5, 0.6) is 0 Å². The predicted molar refractivity (Wildman–Crippen MR) is 69.4 cm³/mol. The summed E-state index contributed by atoms with van der Waals surface area (Å²) < 4.78 is 0. The minimum atomic E-state index is 0.811. The molecule has 2 atom stereocenters. The molecular formula is C14H28N2. The molecule has 0 aromatic carbocycles. The van der Waals surface area contributed by atoms with Crippen molar-refractivity contribution in [3.8, 4) is 0 Å². The van der Waals surface area contributed by atoms with Gasteiger partial charge in [0.25, 0.3) is 0 Å². The van der Waals surface area contributed by atoms with Gasteiger partial charge in [-0.2, -0.15) is 0 Å². The standard InChI is InChI=1S/C14H28N2/c1-16(14-8-3-2-4-9-14)11-13-7-5-6-12(13)10-15/h12-14H,2-11,15H2,1H3. The molecule has 0 saturated heterocycles. The second kappa shape index (κ2) is 6.02. The Hall–Kier alpha value is -0.0800. The highest BCUT2D eigenvalue weighted by Crippen LogP contribution is 2.32. The molecule has 2 fully saturated rings. The fourth-order valence-electron chi connectivity index (χ4n) is 3.71. The molecule has 0 radical (unpaired) electrons. The lowest BCUT2D eigenvalue weighted by atomic mass is 9.91. The van der Waals surface area contributed by atoms with Crippen LogP contribution in [0.3, 0.4) is 0 Å². The van der Waals surface area contributed by atoms with Gasteiger partial charge in [0.2, 0.25) is 0 Å². The van der Waals surface area contributed by atoms with Crippen molar-refractivity contribution in [1.29, 1.82) is 0 Å². The molecule has 16 heavy (non-hydrogen) atoms. The van der Waals surface area contributed by atoms with E-state index in [0.717, 1.165) is 24.4 Å². The Bertz CT molecular complexity index is 199. The van der Waals surface area contributed by atoms with Gasteiger partial charge in [0.1, 0.15) is 0 Å². The first-order valence-corrected chi connectivity index (χ1v) is 7.21. The zero-order valence-corrected chi connectivity index (χ0v) is 10.8. The first kappa shape index (κ1) is 12.4. The van der Waals surface area contributed by atoms with Gasteiger partial charge in [0.15, 0.2) is 0 Å². The summed E-state index contributed by atoms with van der Waals surface area (Å²) >= 11 is 0. The number of nitrogens with two attached hydrogens (primary N) is 1. The number of hydrogen-bond donors (Lipinski definition) is 1. The van der Waals surface area contributed by atoms with E-state index in [2.05, 4.69) is 11.9 Å². The zero-order valence-electron chi connectivity index (χ0n) is 10.8. The third-order valence-electron chi connectivity index (χ3n) is 4.84. The third kappa shape index (κ3) is 2.98. The van der Waals surface area contributed by atoms with Crippen LogP contribution in [0, 0.1) is 11.8 Å². The van der Waals surface area contributed by atoms with Crippen LogP contribution < -0.4 is 5.73 Å². The van der Waals surface area contributed by atoms with E-state index < -0.39 is 0 Å². The van der Waals surface area contributed by atoms with Crippen LogP contribution in [-0.2, 0) is 0 Å². The summed E-state index contributed by atoms with van der Waals surface area (Å²) in [4.78, 5) is 2.64. The van der Waals surface area contributed by atoms with Crippen LogP contribution in [0.2, 0.25) is 0 Å². The number of nitrogens with zero attached hydrogens (tertiary/aromatic N) is 1. The summed E-state index contributed by atoms with van der Waals surface area (Å²) in [6, 6.07) is 0.868. The Morgan fingerprint density at radius 3 is 2.31 bits per heavy atom. The SMILES string of the molecule is CN(CC1CCCC1CN)C1CCCCC1. The normalized spacial score (nSPS) is 32.4. The monoisotopic (exact) mass is 224 g/mol. The van der Waals surface area contributed by atoms with Crippen molar-refractivity contribution in [2.24, 2.45) is 17.6 Å². The van der Waals surface area contributed by atoms with Crippen LogP contribution in [-0.4, -0.2) is 31.1 Å². The first-order chi connectivity index (χ1) is 7.81. The Kier molecular flexibility index (Phi) is 4.66. The molecule has 2 aliphatic carbocycles. The molecule has 2 nitrogen and oxygen atoms in total. The highest BCUT2D eigenvalue weighted by molar-refractivity contribution is 4.82. The van der Waals surface area contributed by atoms with E-state index >= 15 is 0 Å². The molecule has 0 heterocycles. The van der Waals surface area contributed by atoms with Crippen molar-refractivity contribution >= 4 is 0 Å². The first-order valence-electron chi connectivity index (χ1n) is 7.21. The fourth-order valence-corrected chi connectivity index (χ4v) is 3.71. The molecule has 2 heteroatoms. The molecule has 2 unspecified atom stereocenters. The summed E-state index contributed by atoms with van der Waals surface area (Å²) in [5, 5.41) is 0. The second-order valence-electron chi connectivity index (χ2n) is 5.92. The van der Waals surface area contributed by atoms with E-state index in [4.69, 9.17) is 5.73 Å². The highest BCUT2D eigenvalue weighted by atomic mass is 15.1. The van der Waals surface area contributed by atoms with Gasteiger partial charge < -0.3 is 10.6 Å². The maximum atomic E-state index is 5.86. The molecule has 94 valence electrons. The average molecular weight is 224 g/mol. The molecule has 0 spiro atoms. The van der Waals surface area contributed by atoms with Gasteiger partial charge in [0.05, 0.1) is 0 Å². The van der Waals surface area contributed by atoms with Gasteiger partial charge in [-0.3, -0.25) is 0 Å². The fraction of sp³-hybridized carbons (Fsp3) is 1.00. The van der Waals surface area contributed by atoms with Gasteiger partial charge in [0, 0.05) is 12.6 Å². The zero-order chi connectivity index (χ0) is 11.4. The van der Waals surface area contributed by atoms with Crippen LogP contribution in [0.25, 0.3) is 0 Å². The van der Waals surface area contributed by atoms with E-state index in [1.807, 2.05) is 0 Å². The van der Waals surface area contributed by atoms with Gasteiger partial charge in [-0.25, -0.2) is 0 Å². The van der Waals surface area contributed by atoms with Crippen LogP contribution in [0.4, 0.5) is 0 Å². The lowest BCUT2D eigenvalue weighted by molar-refractivity contribution is 0.153. The largest absolute Gasteiger partial charge is 0.330 e. The Labute approximate surface area is 101 Å². The maximum Gasteiger partial charge on any atom is 0.00923 e. The highest BCUT2D eigenvalue weighted by Gasteiger charge is 2.28. The van der Waals surface area contributed by atoms with Gasteiger partial charge >= 0.3 is 0 Å². The molecule has 2 N–H and O–H groups in total. The number of rotatable bonds is 4. The van der Waals surface area contributed by atoms with E-state index in [1.54, 1.807) is 0 Å². The topological polar surface area (TPSA) is 29.3 Å². The molecule has 0 aromatic heterocycles. The molecule has 0 amide bonds. The third-order valence-corrected chi connectivity index (χ3v) is 4.84. The van der Waals surface area contributed by atoms with E-state index in [1.165, 1.54) is 57.9 Å². The van der Waals surface area contributed by atoms with E-state index in [9.17, 15) is 0 Å². The molecule has 0 bridgehead atoms. The lowest BCUT2D eigenvalue weighted by Crippen LogP contribution is -2.38. The Morgan fingerprint density at radius 2 is 1.62 bits per heavy atom. The van der Waals surface area contributed by atoms with Crippen LogP contribution in [0.15, 0.2) is 0 Å². The molecule has 0 aromatic rings. The van der Waals surface area contributed by atoms with Crippen LogP contribution in [0.1, 0.15) is 51.4 Å². The summed E-state index contributed by atoms with van der Waals surface area (Å²) in [6.07, 6.45) is 11.4. The second-order valence-corrected chi connectivity index (χ2v) is 5.92. The minimum absolute atomic E-state index is 0.811. The van der Waals surface area contributed by atoms with Crippen LogP contribution >= 0.6 is 0 Å². The summed E-state index contributed by atoms with van der Waals surface area (Å²) in [7, 11) is 2.34. The Morgan fingerprint density at radius 1 is 0.938 bits per heavy atom. The molecule has 2 aliphatic rings. The average Bonchev–Trinajstić information content (AvgIpc) is 2.77. The van der Waals surface area contributed by atoms with Crippen molar-refractivity contribution < 1.29 is 0 Å². The number of hydrogen-bond acceptors (Lipinski definition) is 2. The molecule has 0 aliphatic heterocycles. The molecule has 2 saturated carbocycles. The van der Waals surface area contributed by atoms with E-state index in [0.29, 0.717) is 0 Å². The van der Waals surface area contributed by atoms with Crippen molar-refractivity contribution in [2.45, 2.75) is 57.4 Å². The summed E-state index contributed by atoms with van der Waals surface area (Å²) in [5.41, 5.74) is 5.86. The van der Waals surface area contributed by atoms with Crippen molar-refractivity contribution in [1.82, 2.24) is 4.90 Å². The van der Waals surface area contributed by atoms with Crippen molar-refractivity contribution in [3.63, 3.8) is 0 Å². The molecular weight excluding hydrogens is 196 g/mol. The maximum absolute atomic E-state index is 5.86. The molecule has 2 rings (SSSR count).